The number of hydrogen-bond donors (Lipinski definition) is 1. The van der Waals surface area contributed by atoms with E-state index in [-0.39, 0.29) is 17.7 Å². The zero-order valence-corrected chi connectivity index (χ0v) is 17.8. The van der Waals surface area contributed by atoms with Crippen LogP contribution in [-0.2, 0) is 5.67 Å². The van der Waals surface area contributed by atoms with Crippen LogP contribution in [0.4, 0.5) is 45.2 Å². The van der Waals surface area contributed by atoms with E-state index in [4.69, 9.17) is 0 Å². The van der Waals surface area contributed by atoms with Crippen LogP contribution in [-0.4, -0.2) is 29.9 Å². The number of alkyl halides is 9. The second-order valence-electron chi connectivity index (χ2n) is 6.70. The predicted octanol–water partition coefficient (Wildman–Crippen LogP) is 7.14. The van der Waals surface area contributed by atoms with Gasteiger partial charge >= 0.3 is 24.6 Å². The van der Waals surface area contributed by atoms with E-state index in [1.165, 1.54) is 30.5 Å². The minimum absolute atomic E-state index is 0.0138. The standard InChI is InChI=1S/C20H10BrF9N2O2/c21-14-11(18(24,19(25,26)27)20(28,29)30)4-6-13(34-17(22)23)15(14)32-16(33)10-3-5-12-9(8-10)2-1-7-31-12/h1-8,17H,(H,32,33). The second kappa shape index (κ2) is 8.96. The highest BCUT2D eigenvalue weighted by atomic mass is 79.9. The molecular formula is C20H10BrF9N2O2. The maximum absolute atomic E-state index is 14.6. The molecule has 34 heavy (non-hydrogen) atoms. The summed E-state index contributed by atoms with van der Waals surface area (Å²) >= 11 is 2.39. The molecule has 2 aromatic carbocycles. The SMILES string of the molecule is O=C(Nc1c(OC(F)F)ccc(C(F)(C(F)(F)F)C(F)(F)F)c1Br)c1ccc2ncccc2c1. The van der Waals surface area contributed by atoms with E-state index in [9.17, 15) is 44.3 Å². The molecule has 4 nitrogen and oxygen atoms in total. The molecule has 0 spiro atoms. The lowest BCUT2D eigenvalue weighted by Gasteiger charge is -2.31. The lowest BCUT2D eigenvalue weighted by molar-refractivity contribution is -0.348. The molecule has 0 aliphatic carbocycles. The van der Waals surface area contributed by atoms with Gasteiger partial charge in [0.05, 0.1) is 15.7 Å². The summed E-state index contributed by atoms with van der Waals surface area (Å²) in [5, 5.41) is 2.36. The Bertz CT molecular complexity index is 1210. The van der Waals surface area contributed by atoms with Gasteiger partial charge in [0.15, 0.2) is 5.75 Å². The zero-order valence-electron chi connectivity index (χ0n) is 16.2. The highest BCUT2D eigenvalue weighted by molar-refractivity contribution is 9.10. The van der Waals surface area contributed by atoms with Crippen molar-refractivity contribution in [3.05, 3.63) is 64.3 Å². The highest BCUT2D eigenvalue weighted by Gasteiger charge is 2.74. The minimum Gasteiger partial charge on any atom is -0.433 e. The number of hydrogen-bond acceptors (Lipinski definition) is 3. The number of carbonyl (C=O) groups is 1. The van der Waals surface area contributed by atoms with Gasteiger partial charge in [-0.1, -0.05) is 12.1 Å². The average molecular weight is 561 g/mol. The van der Waals surface area contributed by atoms with Gasteiger partial charge < -0.3 is 10.1 Å². The molecular weight excluding hydrogens is 551 g/mol. The van der Waals surface area contributed by atoms with Gasteiger partial charge in [-0.25, -0.2) is 4.39 Å². The molecule has 0 aliphatic rings. The minimum atomic E-state index is -6.48. The van der Waals surface area contributed by atoms with Crippen LogP contribution < -0.4 is 10.1 Å². The van der Waals surface area contributed by atoms with Crippen LogP contribution in [0.25, 0.3) is 10.9 Å². The first kappa shape index (κ1) is 25.6. The molecule has 0 unspecified atom stereocenters. The Labute approximate surface area is 192 Å². The Hall–Kier alpha value is -3.03. The smallest absolute Gasteiger partial charge is 0.433 e. The molecule has 0 radical (unpaired) electrons. The predicted molar refractivity (Wildman–Crippen MR) is 105 cm³/mol. The van der Waals surface area contributed by atoms with E-state index in [1.54, 1.807) is 6.07 Å². The van der Waals surface area contributed by atoms with Crippen molar-refractivity contribution in [1.29, 1.82) is 0 Å². The van der Waals surface area contributed by atoms with Crippen LogP contribution >= 0.6 is 15.9 Å². The topological polar surface area (TPSA) is 51.2 Å². The fraction of sp³-hybridized carbons (Fsp3) is 0.200. The molecule has 3 rings (SSSR count). The fourth-order valence-corrected chi connectivity index (χ4v) is 3.70. The average Bonchev–Trinajstić information content (AvgIpc) is 2.73. The molecule has 1 N–H and O–H groups in total. The number of anilines is 1. The van der Waals surface area contributed by atoms with E-state index in [0.29, 0.717) is 10.9 Å². The van der Waals surface area contributed by atoms with Crippen molar-refractivity contribution >= 4 is 38.4 Å². The lowest BCUT2D eigenvalue weighted by Crippen LogP contribution is -2.50. The molecule has 1 heterocycles. The third kappa shape index (κ3) is 4.63. The molecule has 0 bridgehead atoms. The number of nitrogens with one attached hydrogen (secondary N) is 1. The third-order valence-corrected chi connectivity index (χ3v) is 5.40. The molecule has 0 aliphatic heterocycles. The maximum atomic E-state index is 14.6. The molecule has 0 saturated heterocycles. The van der Waals surface area contributed by atoms with Crippen LogP contribution in [0.1, 0.15) is 15.9 Å². The van der Waals surface area contributed by atoms with Gasteiger partial charge in [0.2, 0.25) is 0 Å². The number of pyridine rings is 1. The molecule has 0 saturated carbocycles. The largest absolute Gasteiger partial charge is 0.435 e. The van der Waals surface area contributed by atoms with Gasteiger partial charge in [0.25, 0.3) is 5.91 Å². The summed E-state index contributed by atoms with van der Waals surface area (Å²) in [5.74, 6) is -2.13. The van der Waals surface area contributed by atoms with E-state index in [0.717, 1.165) is 0 Å². The number of ether oxygens (including phenoxy) is 1. The van der Waals surface area contributed by atoms with Crippen molar-refractivity contribution < 1.29 is 49.0 Å². The number of fused-ring (bicyclic) bond motifs is 1. The van der Waals surface area contributed by atoms with Crippen molar-refractivity contribution in [3.63, 3.8) is 0 Å². The van der Waals surface area contributed by atoms with E-state index < -0.39 is 52.0 Å². The lowest BCUT2D eigenvalue weighted by atomic mass is 9.93. The van der Waals surface area contributed by atoms with Crippen LogP contribution in [0, 0.1) is 0 Å². The summed E-state index contributed by atoms with van der Waals surface area (Å²) < 4.78 is 122. The first-order valence-electron chi connectivity index (χ1n) is 8.93. The summed E-state index contributed by atoms with van der Waals surface area (Å²) in [6, 6.07) is 7.25. The van der Waals surface area contributed by atoms with Gasteiger partial charge in [-0.15, -0.1) is 0 Å². The van der Waals surface area contributed by atoms with Crippen LogP contribution in [0.3, 0.4) is 0 Å². The monoisotopic (exact) mass is 560 g/mol. The number of nitrogens with zero attached hydrogens (tertiary/aromatic N) is 1. The first-order chi connectivity index (χ1) is 15.7. The maximum Gasteiger partial charge on any atom is 0.435 e. The highest BCUT2D eigenvalue weighted by Crippen LogP contribution is 2.56. The summed E-state index contributed by atoms with van der Waals surface area (Å²) in [4.78, 5) is 16.7. The van der Waals surface area contributed by atoms with Gasteiger partial charge in [-0.3, -0.25) is 9.78 Å². The Morgan fingerprint density at radius 1 is 0.971 bits per heavy atom. The normalized spacial score (nSPS) is 12.8. The summed E-state index contributed by atoms with van der Waals surface area (Å²) in [6.45, 7) is -3.57. The van der Waals surface area contributed by atoms with Crippen molar-refractivity contribution in [3.8, 4) is 5.75 Å². The summed E-state index contributed by atoms with van der Waals surface area (Å²) in [5.41, 5.74) is -8.67. The Balaban J connectivity index is 2.14. The quantitative estimate of drug-likeness (QED) is 0.337. The Kier molecular flexibility index (Phi) is 6.75. The molecule has 0 fully saturated rings. The van der Waals surface area contributed by atoms with E-state index in [1.807, 2.05) is 5.32 Å². The van der Waals surface area contributed by atoms with Crippen LogP contribution in [0.5, 0.6) is 5.75 Å². The molecule has 1 aromatic heterocycles. The number of carbonyl (C=O) groups excluding carboxylic acids is 1. The second-order valence-corrected chi connectivity index (χ2v) is 7.49. The summed E-state index contributed by atoms with van der Waals surface area (Å²) in [7, 11) is 0. The molecule has 3 aromatic rings. The van der Waals surface area contributed by atoms with E-state index in [2.05, 4.69) is 25.7 Å². The van der Waals surface area contributed by atoms with Gasteiger partial charge in [-0.05, 0) is 46.3 Å². The number of halogens is 10. The van der Waals surface area contributed by atoms with Gasteiger partial charge in [-0.2, -0.15) is 35.1 Å². The molecule has 14 heteroatoms. The van der Waals surface area contributed by atoms with Crippen LogP contribution in [0.2, 0.25) is 0 Å². The van der Waals surface area contributed by atoms with Crippen molar-refractivity contribution in [2.45, 2.75) is 24.6 Å². The Morgan fingerprint density at radius 3 is 2.21 bits per heavy atom. The third-order valence-electron chi connectivity index (χ3n) is 4.58. The van der Waals surface area contributed by atoms with Gasteiger partial charge in [0, 0.05) is 22.7 Å². The zero-order chi connectivity index (χ0) is 25.5. The van der Waals surface area contributed by atoms with Crippen molar-refractivity contribution in [1.82, 2.24) is 4.98 Å². The number of rotatable bonds is 5. The number of benzene rings is 2. The molecule has 182 valence electrons. The Morgan fingerprint density at radius 2 is 1.62 bits per heavy atom. The molecule has 0 atom stereocenters. The van der Waals surface area contributed by atoms with E-state index >= 15 is 0 Å². The molecule has 1 amide bonds. The van der Waals surface area contributed by atoms with Crippen molar-refractivity contribution in [2.24, 2.45) is 0 Å². The first-order valence-corrected chi connectivity index (χ1v) is 9.72. The van der Waals surface area contributed by atoms with Crippen molar-refractivity contribution in [2.75, 3.05) is 5.32 Å². The fourth-order valence-electron chi connectivity index (χ4n) is 3.00. The van der Waals surface area contributed by atoms with Crippen LogP contribution in [0.15, 0.2) is 53.1 Å². The summed E-state index contributed by atoms with van der Waals surface area (Å²) in [6.07, 6.45) is -11.5. The number of amides is 1. The van der Waals surface area contributed by atoms with Gasteiger partial charge in [0.1, 0.15) is 0 Å². The number of aromatic nitrogens is 1.